The summed E-state index contributed by atoms with van der Waals surface area (Å²) in [5, 5.41) is 3.08. The molecule has 0 unspecified atom stereocenters. The van der Waals surface area contributed by atoms with E-state index in [0.717, 1.165) is 28.8 Å². The summed E-state index contributed by atoms with van der Waals surface area (Å²) in [4.78, 5) is 63.2. The average Bonchev–Trinajstić information content (AvgIpc) is 1.62. The molecule has 0 atom stereocenters. The van der Waals surface area contributed by atoms with E-state index in [2.05, 4.69) is 29.1 Å². The van der Waals surface area contributed by atoms with Gasteiger partial charge in [0.05, 0.1) is 45.2 Å². The van der Waals surface area contributed by atoms with Crippen LogP contribution in [-0.4, -0.2) is 98.4 Å². The van der Waals surface area contributed by atoms with Gasteiger partial charge in [0.1, 0.15) is 34.3 Å². The Morgan fingerprint density at radius 3 is 1.55 bits per heavy atom. The minimum absolute atomic E-state index is 0.0449. The van der Waals surface area contributed by atoms with E-state index < -0.39 is 46.3 Å². The van der Waals surface area contributed by atoms with Crippen LogP contribution in [0.2, 0.25) is 0 Å². The van der Waals surface area contributed by atoms with Gasteiger partial charge in [0.15, 0.2) is 22.9 Å². The fourth-order valence-electron chi connectivity index (χ4n) is 9.90. The van der Waals surface area contributed by atoms with E-state index in [4.69, 9.17) is 18.9 Å². The largest absolute Gasteiger partial charge is 0.493 e. The number of rotatable bonds is 24. The van der Waals surface area contributed by atoms with Crippen LogP contribution in [0.3, 0.4) is 0 Å². The summed E-state index contributed by atoms with van der Waals surface area (Å²) < 4.78 is 88.7. The summed E-state index contributed by atoms with van der Waals surface area (Å²) in [6.07, 6.45) is 9.02. The Balaban J connectivity index is 0.000000208. The summed E-state index contributed by atoms with van der Waals surface area (Å²) in [7, 11) is 3.82. The van der Waals surface area contributed by atoms with E-state index in [1.54, 1.807) is 105 Å². The molecule has 476 valence electrons. The molecule has 0 fully saturated rings. The maximum Gasteiger partial charge on any atom is 0.345 e. The molecular weight excluding hydrogens is 1170 g/mol. The van der Waals surface area contributed by atoms with Crippen molar-refractivity contribution in [3.63, 3.8) is 0 Å². The maximum absolute atomic E-state index is 16.9. The van der Waals surface area contributed by atoms with Crippen molar-refractivity contribution >= 4 is 23.2 Å². The molecule has 0 radical (unpaired) electrons. The zero-order chi connectivity index (χ0) is 65.1. The van der Waals surface area contributed by atoms with Crippen molar-refractivity contribution in [1.29, 1.82) is 0 Å². The van der Waals surface area contributed by atoms with Crippen LogP contribution >= 0.6 is 0 Å². The van der Waals surface area contributed by atoms with Gasteiger partial charge in [0, 0.05) is 97.1 Å². The lowest BCUT2D eigenvalue weighted by Gasteiger charge is -2.18. The molecule has 0 saturated carbocycles. The second-order valence-corrected chi connectivity index (χ2v) is 22.4. The van der Waals surface area contributed by atoms with Crippen molar-refractivity contribution in [3.05, 3.63) is 248 Å². The normalized spacial score (nSPS) is 11.2. The molecular formula is C71H76F4N8O8. The monoisotopic (exact) mass is 1240 g/mol. The van der Waals surface area contributed by atoms with Gasteiger partial charge in [-0.2, -0.15) is 0 Å². The average molecular weight is 1250 g/mol. The van der Waals surface area contributed by atoms with Crippen molar-refractivity contribution in [3.8, 4) is 33.8 Å². The van der Waals surface area contributed by atoms with E-state index in [-0.39, 0.29) is 77.5 Å². The summed E-state index contributed by atoms with van der Waals surface area (Å²) in [6, 6.07) is 37.8. The Kier molecular flexibility index (Phi) is 23.8. The topological polar surface area (TPSA) is 165 Å². The lowest BCUT2D eigenvalue weighted by atomic mass is 10.0. The highest BCUT2D eigenvalue weighted by Gasteiger charge is 2.29. The molecule has 0 saturated heterocycles. The number of carbonyl (C=O) groups excluding carboxylic acids is 2. The number of carbonyl (C=O) groups is 2. The van der Waals surface area contributed by atoms with Crippen LogP contribution in [0.15, 0.2) is 174 Å². The second-order valence-electron chi connectivity index (χ2n) is 22.4. The lowest BCUT2D eigenvalue weighted by Crippen LogP contribution is -2.30. The number of aromatic nitrogens is 6. The predicted octanol–water partition coefficient (Wildman–Crippen LogP) is 12.5. The molecule has 10 aromatic rings. The first-order chi connectivity index (χ1) is 43.9. The van der Waals surface area contributed by atoms with Gasteiger partial charge in [-0.25, -0.2) is 27.2 Å². The fourth-order valence-corrected chi connectivity index (χ4v) is 9.90. The molecule has 10 rings (SSSR count). The van der Waals surface area contributed by atoms with Gasteiger partial charge in [0.2, 0.25) is 0 Å². The number of nitrogens with one attached hydrogen (secondary N) is 1. The number of fused-ring (bicyclic) bond motifs is 2. The maximum atomic E-state index is 16.9. The number of likely N-dealkylation sites (N-methyl/N-ethyl adjacent to an activating group) is 2. The highest BCUT2D eigenvalue weighted by atomic mass is 19.1. The van der Waals surface area contributed by atoms with Gasteiger partial charge in [-0.3, -0.25) is 28.4 Å². The summed E-state index contributed by atoms with van der Waals surface area (Å²) in [6.45, 7) is 14.1. The van der Waals surface area contributed by atoms with Crippen molar-refractivity contribution in [2.24, 2.45) is 11.8 Å². The number of nitrogens with zero attached hydrogens (tertiary/aromatic N) is 7. The van der Waals surface area contributed by atoms with Gasteiger partial charge in [-0.05, 0) is 112 Å². The quantitative estimate of drug-likeness (QED) is 0.0450. The second kappa shape index (κ2) is 32.2. The van der Waals surface area contributed by atoms with Crippen molar-refractivity contribution in [2.45, 2.75) is 74.0 Å². The molecule has 91 heavy (non-hydrogen) atoms. The molecule has 0 spiro atoms. The van der Waals surface area contributed by atoms with E-state index >= 15 is 8.78 Å². The minimum atomic E-state index is -0.839. The SMILES string of the molecule is CCOC(=O)c1cn(Cc2ccccc2F)c2c(F)c(-c3ccc(OCC(C)C)cc3)c(CN(C)CCc3ccccn3)n2c1=O.CCOC(=O)c1cn(Cc2ccccc2F)c2c(F)c(-c3ccc(OCC(C)C)cc3)cn2c1=O.CNCCc1ccccn1. The summed E-state index contributed by atoms with van der Waals surface area (Å²) >= 11 is 0. The smallest absolute Gasteiger partial charge is 0.345 e. The number of hydrogen-bond donors (Lipinski definition) is 1. The fraction of sp³-hybridized carbons (Fsp3) is 0.296. The van der Waals surface area contributed by atoms with Gasteiger partial charge < -0.3 is 38.3 Å². The first kappa shape index (κ1) is 67.3. The number of halogens is 4. The molecule has 0 aliphatic heterocycles. The summed E-state index contributed by atoms with van der Waals surface area (Å²) in [5.74, 6) is -1.99. The highest BCUT2D eigenvalue weighted by Crippen LogP contribution is 2.35. The Hall–Kier alpha value is -9.66. The standard InChI is InChI=1S/C36H38F2N4O4.C27H26F2N2O4.C8H12N2/c1-5-45-36(44)29-21-41(20-26-10-6-7-12-30(26)37)34-33(38)32(25-13-15-28(16-14-25)46-23-24(2)3)31(42(34)35(29)43)22-40(4)19-17-27-11-8-9-18-39-27;1-4-34-27(33)22-14-30(13-19-7-5-6-8-23(19)28)25-24(29)21(15-31(25)26(22)32)18-9-11-20(12-10-18)35-16-17(2)3;1-9-7-5-8-4-2-3-6-10-8/h6-16,18,21,24H,5,17,19-20,22-23H2,1-4H3;5-12,14-15,17H,4,13,16H2,1-3H3;2-4,6,9H,5,7H2,1H3. The van der Waals surface area contributed by atoms with Crippen molar-refractivity contribution < 1.29 is 46.1 Å². The zero-order valence-corrected chi connectivity index (χ0v) is 52.4. The molecule has 6 heterocycles. The zero-order valence-electron chi connectivity index (χ0n) is 52.4. The Labute approximate surface area is 526 Å². The third-order valence-electron chi connectivity index (χ3n) is 14.4. The number of pyridine rings is 2. The van der Waals surface area contributed by atoms with Gasteiger partial charge in [-0.15, -0.1) is 0 Å². The molecule has 0 aliphatic rings. The predicted molar refractivity (Wildman–Crippen MR) is 344 cm³/mol. The first-order valence-corrected chi connectivity index (χ1v) is 30.2. The van der Waals surface area contributed by atoms with E-state index in [1.165, 1.54) is 44.3 Å². The lowest BCUT2D eigenvalue weighted by molar-refractivity contribution is 0.0513. The number of ether oxygens (including phenoxy) is 4. The van der Waals surface area contributed by atoms with Crippen LogP contribution in [0.1, 0.15) is 90.5 Å². The Morgan fingerprint density at radius 1 is 0.582 bits per heavy atom. The van der Waals surface area contributed by atoms with E-state index in [1.807, 2.05) is 75.4 Å². The minimum Gasteiger partial charge on any atom is -0.493 e. The molecule has 6 aromatic heterocycles. The number of hydrogen-bond acceptors (Lipinski definition) is 12. The number of benzene rings is 4. The molecule has 1 N–H and O–H groups in total. The molecule has 0 aliphatic carbocycles. The van der Waals surface area contributed by atoms with Gasteiger partial charge in [-0.1, -0.05) is 100 Å². The molecule has 4 aromatic carbocycles. The van der Waals surface area contributed by atoms with Crippen LogP contribution < -0.4 is 25.9 Å². The van der Waals surface area contributed by atoms with Gasteiger partial charge >= 0.3 is 11.9 Å². The Bertz CT molecular complexity index is 4170. The molecule has 20 heteroatoms. The molecule has 0 amide bonds. The Morgan fingerprint density at radius 2 is 1.07 bits per heavy atom. The van der Waals surface area contributed by atoms with Crippen LogP contribution in [-0.2, 0) is 41.9 Å². The van der Waals surface area contributed by atoms with Gasteiger partial charge in [0.25, 0.3) is 11.1 Å². The highest BCUT2D eigenvalue weighted by molar-refractivity contribution is 5.90. The molecule has 0 bridgehead atoms. The van der Waals surface area contributed by atoms with Crippen molar-refractivity contribution in [1.82, 2.24) is 38.1 Å². The third-order valence-corrected chi connectivity index (χ3v) is 14.4. The number of esters is 2. The van der Waals surface area contributed by atoms with Crippen LogP contribution in [0.4, 0.5) is 17.6 Å². The third kappa shape index (κ3) is 17.2. The van der Waals surface area contributed by atoms with E-state index in [0.29, 0.717) is 66.3 Å². The van der Waals surface area contributed by atoms with Crippen molar-refractivity contribution in [2.75, 3.05) is 53.6 Å². The van der Waals surface area contributed by atoms with Crippen LogP contribution in [0.5, 0.6) is 11.5 Å². The van der Waals surface area contributed by atoms with Crippen LogP contribution in [0, 0.1) is 35.1 Å². The van der Waals surface area contributed by atoms with E-state index in [9.17, 15) is 28.0 Å². The molecule has 16 nitrogen and oxygen atoms in total. The summed E-state index contributed by atoms with van der Waals surface area (Å²) in [5.41, 5.74) is 2.24. The van der Waals surface area contributed by atoms with Crippen LogP contribution in [0.25, 0.3) is 33.5 Å². The first-order valence-electron chi connectivity index (χ1n) is 30.2.